The Balaban J connectivity index is 1.81. The molecule has 0 spiro atoms. The molecule has 10 heteroatoms. The molecule has 0 aromatic heterocycles. The summed E-state index contributed by atoms with van der Waals surface area (Å²) in [5.41, 5.74) is 0.153. The Kier molecular flexibility index (Phi) is 8.26. The molecule has 2 aliphatic heterocycles. The second-order valence-electron chi connectivity index (χ2n) is 8.22. The lowest BCUT2D eigenvalue weighted by Gasteiger charge is -2.34. The molecule has 9 nitrogen and oxygen atoms in total. The van der Waals surface area contributed by atoms with Gasteiger partial charge in [0.1, 0.15) is 5.69 Å². The number of hydrogen-bond donors (Lipinski definition) is 1. The Labute approximate surface area is 184 Å². The average molecular weight is 455 g/mol. The molecule has 2 saturated heterocycles. The van der Waals surface area contributed by atoms with Crippen LogP contribution in [0, 0.1) is 16.0 Å². The molecule has 2 heterocycles. The predicted octanol–water partition coefficient (Wildman–Crippen LogP) is 2.93. The van der Waals surface area contributed by atoms with Crippen molar-refractivity contribution in [3.8, 4) is 0 Å². The van der Waals surface area contributed by atoms with Crippen LogP contribution in [0.4, 0.5) is 11.4 Å². The van der Waals surface area contributed by atoms with Gasteiger partial charge in [-0.25, -0.2) is 8.42 Å². The minimum atomic E-state index is -3.79. The van der Waals surface area contributed by atoms with E-state index in [0.29, 0.717) is 37.4 Å². The molecule has 0 saturated carbocycles. The summed E-state index contributed by atoms with van der Waals surface area (Å²) in [7, 11) is -3.79. The normalized spacial score (nSPS) is 19.6. The SMILES string of the molecule is CCC(CC)[C@@H](CNc1ccc(S(=O)(=O)N2CCOCC2)cc1[N+](=O)[O-])N1CCCC1. The lowest BCUT2D eigenvalue weighted by Crippen LogP contribution is -2.43. The minimum absolute atomic E-state index is 0.0530. The van der Waals surface area contributed by atoms with E-state index < -0.39 is 14.9 Å². The summed E-state index contributed by atoms with van der Waals surface area (Å²) >= 11 is 0. The third kappa shape index (κ3) is 5.54. The molecule has 3 rings (SSSR count). The third-order valence-corrected chi connectivity index (χ3v) is 8.37. The van der Waals surface area contributed by atoms with Crippen molar-refractivity contribution in [2.24, 2.45) is 5.92 Å². The van der Waals surface area contributed by atoms with Gasteiger partial charge in [0.15, 0.2) is 0 Å². The van der Waals surface area contributed by atoms with Crippen molar-refractivity contribution in [2.45, 2.75) is 50.5 Å². The average Bonchev–Trinajstić information content (AvgIpc) is 3.31. The Morgan fingerprint density at radius 1 is 1.13 bits per heavy atom. The van der Waals surface area contributed by atoms with E-state index in [2.05, 4.69) is 24.1 Å². The Hall–Kier alpha value is -1.75. The van der Waals surface area contributed by atoms with Gasteiger partial charge in [0.25, 0.3) is 5.69 Å². The Morgan fingerprint density at radius 2 is 1.77 bits per heavy atom. The second-order valence-corrected chi connectivity index (χ2v) is 10.2. The van der Waals surface area contributed by atoms with Gasteiger partial charge >= 0.3 is 0 Å². The molecule has 2 fully saturated rings. The maximum absolute atomic E-state index is 12.9. The smallest absolute Gasteiger partial charge is 0.293 e. The van der Waals surface area contributed by atoms with Crippen LogP contribution in [-0.2, 0) is 14.8 Å². The highest BCUT2D eigenvalue weighted by atomic mass is 32.2. The van der Waals surface area contributed by atoms with Gasteiger partial charge in [0, 0.05) is 31.7 Å². The van der Waals surface area contributed by atoms with Crippen molar-refractivity contribution in [1.29, 1.82) is 0 Å². The van der Waals surface area contributed by atoms with Crippen molar-refractivity contribution >= 4 is 21.4 Å². The first kappa shape index (κ1) is 23.9. The van der Waals surface area contributed by atoms with Crippen molar-refractivity contribution in [3.05, 3.63) is 28.3 Å². The number of ether oxygens (including phenoxy) is 1. The molecular formula is C21H34N4O5S. The third-order valence-electron chi connectivity index (χ3n) is 6.48. The number of morpholine rings is 1. The lowest BCUT2D eigenvalue weighted by molar-refractivity contribution is -0.384. The molecular weight excluding hydrogens is 420 g/mol. The minimum Gasteiger partial charge on any atom is -0.379 e. The van der Waals surface area contributed by atoms with Crippen LogP contribution in [0.2, 0.25) is 0 Å². The summed E-state index contributed by atoms with van der Waals surface area (Å²) in [6, 6.07) is 4.46. The molecule has 1 atom stereocenters. The number of nitro benzene ring substituents is 1. The van der Waals surface area contributed by atoms with Gasteiger partial charge < -0.3 is 10.1 Å². The van der Waals surface area contributed by atoms with E-state index in [1.807, 2.05) is 0 Å². The van der Waals surface area contributed by atoms with Crippen LogP contribution < -0.4 is 5.32 Å². The van der Waals surface area contributed by atoms with Crippen molar-refractivity contribution in [3.63, 3.8) is 0 Å². The number of nitro groups is 1. The van der Waals surface area contributed by atoms with Gasteiger partial charge in [0.2, 0.25) is 10.0 Å². The molecule has 174 valence electrons. The van der Waals surface area contributed by atoms with E-state index in [-0.39, 0.29) is 23.7 Å². The van der Waals surface area contributed by atoms with Crippen LogP contribution in [0.5, 0.6) is 0 Å². The first-order valence-corrected chi connectivity index (χ1v) is 12.7. The Morgan fingerprint density at radius 3 is 2.35 bits per heavy atom. The highest BCUT2D eigenvalue weighted by Gasteiger charge is 2.30. The molecule has 2 aliphatic rings. The topological polar surface area (TPSA) is 105 Å². The first-order valence-electron chi connectivity index (χ1n) is 11.2. The number of nitrogens with one attached hydrogen (secondary N) is 1. The number of hydrogen-bond acceptors (Lipinski definition) is 7. The summed E-state index contributed by atoms with van der Waals surface area (Å²) in [5.74, 6) is 0.505. The van der Waals surface area contributed by atoms with Crippen LogP contribution >= 0.6 is 0 Å². The summed E-state index contributed by atoms with van der Waals surface area (Å²) in [4.78, 5) is 13.7. The van der Waals surface area contributed by atoms with Crippen LogP contribution in [0.1, 0.15) is 39.5 Å². The largest absolute Gasteiger partial charge is 0.379 e. The highest BCUT2D eigenvalue weighted by molar-refractivity contribution is 7.89. The van der Waals surface area contributed by atoms with E-state index in [4.69, 9.17) is 4.74 Å². The summed E-state index contributed by atoms with van der Waals surface area (Å²) in [6.07, 6.45) is 4.48. The van der Waals surface area contributed by atoms with Crippen LogP contribution in [0.15, 0.2) is 23.1 Å². The van der Waals surface area contributed by atoms with Gasteiger partial charge in [-0.2, -0.15) is 4.31 Å². The van der Waals surface area contributed by atoms with Crippen molar-refractivity contribution in [1.82, 2.24) is 9.21 Å². The van der Waals surface area contributed by atoms with E-state index >= 15 is 0 Å². The fraction of sp³-hybridized carbons (Fsp3) is 0.714. The highest BCUT2D eigenvalue weighted by Crippen LogP contribution is 2.30. The summed E-state index contributed by atoms with van der Waals surface area (Å²) < 4.78 is 32.3. The molecule has 0 aliphatic carbocycles. The summed E-state index contributed by atoms with van der Waals surface area (Å²) in [5, 5.41) is 15.0. The fourth-order valence-corrected chi connectivity index (χ4v) is 6.05. The molecule has 1 aromatic carbocycles. The standard InChI is InChI=1S/C21H34N4O5S/c1-3-17(4-2)21(23-9-5-6-10-23)16-22-19-8-7-18(15-20(19)25(26)27)31(28,29)24-11-13-30-14-12-24/h7-8,15,17,21-22H,3-6,9-14,16H2,1-2H3/t21-/m1/s1. The molecule has 0 bridgehead atoms. The molecule has 0 radical (unpaired) electrons. The number of anilines is 1. The van der Waals surface area contributed by atoms with E-state index in [1.54, 1.807) is 0 Å². The molecule has 1 N–H and O–H groups in total. The maximum atomic E-state index is 12.9. The maximum Gasteiger partial charge on any atom is 0.293 e. The van der Waals surface area contributed by atoms with Gasteiger partial charge in [0.05, 0.1) is 23.0 Å². The Bertz CT molecular complexity index is 845. The monoisotopic (exact) mass is 454 g/mol. The summed E-state index contributed by atoms with van der Waals surface area (Å²) in [6.45, 7) is 8.25. The zero-order chi connectivity index (χ0) is 22.4. The number of benzene rings is 1. The van der Waals surface area contributed by atoms with Gasteiger partial charge in [-0.05, 0) is 44.0 Å². The van der Waals surface area contributed by atoms with E-state index in [9.17, 15) is 18.5 Å². The van der Waals surface area contributed by atoms with Gasteiger partial charge in [-0.15, -0.1) is 0 Å². The van der Waals surface area contributed by atoms with Gasteiger partial charge in [-0.1, -0.05) is 26.7 Å². The number of rotatable bonds is 10. The number of nitrogens with zero attached hydrogens (tertiary/aromatic N) is 3. The predicted molar refractivity (Wildman–Crippen MR) is 120 cm³/mol. The van der Waals surface area contributed by atoms with Crippen molar-refractivity contribution in [2.75, 3.05) is 51.3 Å². The van der Waals surface area contributed by atoms with Crippen LogP contribution in [0.25, 0.3) is 0 Å². The fourth-order valence-electron chi connectivity index (χ4n) is 4.62. The number of sulfonamides is 1. The molecule has 1 aromatic rings. The number of likely N-dealkylation sites (tertiary alicyclic amines) is 1. The first-order chi connectivity index (χ1) is 14.9. The molecule has 31 heavy (non-hydrogen) atoms. The van der Waals surface area contributed by atoms with E-state index in [0.717, 1.165) is 25.9 Å². The molecule has 0 amide bonds. The lowest BCUT2D eigenvalue weighted by atomic mass is 9.93. The van der Waals surface area contributed by atoms with Gasteiger partial charge in [-0.3, -0.25) is 15.0 Å². The van der Waals surface area contributed by atoms with Crippen LogP contribution in [0.3, 0.4) is 0 Å². The molecule has 0 unspecified atom stereocenters. The van der Waals surface area contributed by atoms with Crippen molar-refractivity contribution < 1.29 is 18.1 Å². The van der Waals surface area contributed by atoms with Crippen LogP contribution in [-0.4, -0.2) is 74.5 Å². The van der Waals surface area contributed by atoms with E-state index in [1.165, 1.54) is 35.3 Å². The quantitative estimate of drug-likeness (QED) is 0.428. The zero-order valence-electron chi connectivity index (χ0n) is 18.5. The second kappa shape index (κ2) is 10.7. The zero-order valence-corrected chi connectivity index (χ0v) is 19.3.